The number of urea groups is 1. The number of carbonyl (C=O) groups excluding carboxylic acids is 3. The SMILES string of the molecule is CC1CCCCC12NC(=O)N(CC(=O)NCC(N)c1ccccc1)C2=O.Cl. The summed E-state index contributed by atoms with van der Waals surface area (Å²) in [5, 5.41) is 5.56. The lowest BCUT2D eigenvalue weighted by molar-refractivity contribution is -0.137. The van der Waals surface area contributed by atoms with Gasteiger partial charge >= 0.3 is 6.03 Å². The number of halogens is 1. The maximum absolute atomic E-state index is 12.8. The second kappa shape index (κ2) is 8.71. The molecule has 0 bridgehead atoms. The number of amides is 4. The second-order valence-corrected chi connectivity index (χ2v) is 7.26. The van der Waals surface area contributed by atoms with Gasteiger partial charge in [-0.2, -0.15) is 0 Å². The van der Waals surface area contributed by atoms with Crippen LogP contribution in [0.2, 0.25) is 0 Å². The summed E-state index contributed by atoms with van der Waals surface area (Å²) in [6.07, 6.45) is 3.50. The maximum Gasteiger partial charge on any atom is 0.325 e. The van der Waals surface area contributed by atoms with E-state index in [1.54, 1.807) is 0 Å². The van der Waals surface area contributed by atoms with Gasteiger partial charge in [0.25, 0.3) is 5.91 Å². The molecule has 1 saturated heterocycles. The van der Waals surface area contributed by atoms with Gasteiger partial charge in [-0.25, -0.2) is 4.79 Å². The van der Waals surface area contributed by atoms with Crippen LogP contribution in [0.3, 0.4) is 0 Å². The van der Waals surface area contributed by atoms with Gasteiger partial charge in [0.1, 0.15) is 12.1 Å². The molecular weight excluding hydrogens is 368 g/mol. The third-order valence-electron chi connectivity index (χ3n) is 5.55. The van der Waals surface area contributed by atoms with E-state index in [9.17, 15) is 14.4 Å². The number of rotatable bonds is 5. The number of benzene rings is 1. The number of nitrogens with one attached hydrogen (secondary N) is 2. The molecule has 1 aliphatic heterocycles. The van der Waals surface area contributed by atoms with Gasteiger partial charge in [0.2, 0.25) is 5.91 Å². The van der Waals surface area contributed by atoms with Crippen LogP contribution in [0.5, 0.6) is 0 Å². The first-order valence-corrected chi connectivity index (χ1v) is 9.15. The maximum atomic E-state index is 12.8. The first-order chi connectivity index (χ1) is 12.4. The zero-order chi connectivity index (χ0) is 18.7. The molecule has 4 amide bonds. The van der Waals surface area contributed by atoms with Gasteiger partial charge in [-0.3, -0.25) is 14.5 Å². The van der Waals surface area contributed by atoms with Crippen molar-refractivity contribution in [3.8, 4) is 0 Å². The Kier molecular flexibility index (Phi) is 6.84. The smallest absolute Gasteiger partial charge is 0.325 e. The monoisotopic (exact) mass is 394 g/mol. The lowest BCUT2D eigenvalue weighted by Gasteiger charge is -2.36. The fourth-order valence-corrected chi connectivity index (χ4v) is 3.88. The highest BCUT2D eigenvalue weighted by molar-refractivity contribution is 6.09. The molecule has 1 saturated carbocycles. The lowest BCUT2D eigenvalue weighted by Crippen LogP contribution is -2.54. The molecule has 3 rings (SSSR count). The minimum atomic E-state index is -0.837. The molecule has 1 aromatic carbocycles. The normalized spacial score (nSPS) is 25.7. The van der Waals surface area contributed by atoms with Crippen molar-refractivity contribution in [2.45, 2.75) is 44.2 Å². The van der Waals surface area contributed by atoms with Crippen LogP contribution in [-0.4, -0.2) is 41.4 Å². The first-order valence-electron chi connectivity index (χ1n) is 9.15. The van der Waals surface area contributed by atoms with Gasteiger partial charge in [0.05, 0.1) is 0 Å². The molecule has 1 aromatic rings. The average Bonchev–Trinajstić information content (AvgIpc) is 2.88. The molecule has 7 nitrogen and oxygen atoms in total. The van der Waals surface area contributed by atoms with Crippen molar-refractivity contribution in [1.29, 1.82) is 0 Å². The van der Waals surface area contributed by atoms with Crippen LogP contribution in [0.4, 0.5) is 4.79 Å². The third-order valence-corrected chi connectivity index (χ3v) is 5.55. The van der Waals surface area contributed by atoms with E-state index in [1.807, 2.05) is 37.3 Å². The van der Waals surface area contributed by atoms with E-state index in [0.29, 0.717) is 6.42 Å². The molecule has 3 unspecified atom stereocenters. The summed E-state index contributed by atoms with van der Waals surface area (Å²) >= 11 is 0. The van der Waals surface area contributed by atoms with Crippen molar-refractivity contribution in [2.24, 2.45) is 11.7 Å². The summed E-state index contributed by atoms with van der Waals surface area (Å²) in [6, 6.07) is 8.63. The Balaban J connectivity index is 0.00000261. The minimum Gasteiger partial charge on any atom is -0.353 e. The number of imide groups is 1. The van der Waals surface area contributed by atoms with Gasteiger partial charge in [0, 0.05) is 12.6 Å². The van der Waals surface area contributed by atoms with Gasteiger partial charge in [0.15, 0.2) is 0 Å². The summed E-state index contributed by atoms with van der Waals surface area (Å²) in [7, 11) is 0. The molecule has 4 N–H and O–H groups in total. The molecule has 27 heavy (non-hydrogen) atoms. The molecular formula is C19H27ClN4O3. The van der Waals surface area contributed by atoms with Crippen LogP contribution in [0.15, 0.2) is 30.3 Å². The molecule has 8 heteroatoms. The summed E-state index contributed by atoms with van der Waals surface area (Å²) in [5.41, 5.74) is 6.14. The molecule has 2 fully saturated rings. The van der Waals surface area contributed by atoms with Crippen molar-refractivity contribution >= 4 is 30.3 Å². The second-order valence-electron chi connectivity index (χ2n) is 7.26. The highest BCUT2D eigenvalue weighted by atomic mass is 35.5. The van der Waals surface area contributed by atoms with Crippen LogP contribution in [0.25, 0.3) is 0 Å². The van der Waals surface area contributed by atoms with Gasteiger partial charge in [-0.1, -0.05) is 50.1 Å². The highest BCUT2D eigenvalue weighted by Gasteiger charge is 2.55. The van der Waals surface area contributed by atoms with Gasteiger partial charge in [-0.05, 0) is 24.3 Å². The molecule has 0 radical (unpaired) electrons. The van der Waals surface area contributed by atoms with Crippen LogP contribution < -0.4 is 16.4 Å². The zero-order valence-electron chi connectivity index (χ0n) is 15.4. The fraction of sp³-hybridized carbons (Fsp3) is 0.526. The van der Waals surface area contributed by atoms with E-state index in [-0.39, 0.29) is 49.3 Å². The predicted molar refractivity (Wildman–Crippen MR) is 104 cm³/mol. The molecule has 1 heterocycles. The molecule has 3 atom stereocenters. The largest absolute Gasteiger partial charge is 0.353 e. The Bertz CT molecular complexity index is 699. The zero-order valence-corrected chi connectivity index (χ0v) is 16.3. The molecule has 1 spiro atoms. The number of hydrogen-bond donors (Lipinski definition) is 3. The topological polar surface area (TPSA) is 105 Å². The Hall–Kier alpha value is -2.12. The van der Waals surface area contributed by atoms with Gasteiger partial charge in [-0.15, -0.1) is 12.4 Å². The summed E-state index contributed by atoms with van der Waals surface area (Å²) in [4.78, 5) is 38.4. The van der Waals surface area contributed by atoms with Crippen LogP contribution in [0.1, 0.15) is 44.2 Å². The number of carbonyl (C=O) groups is 3. The standard InChI is InChI=1S/C19H26N4O3.ClH/c1-13-7-5-6-10-19(13)17(25)23(18(26)22-19)12-16(24)21-11-15(20)14-8-3-2-4-9-14;/h2-4,8-9,13,15H,5-7,10-12,20H2,1H3,(H,21,24)(H,22,26);1H. The first kappa shape index (κ1) is 21.2. The summed E-state index contributed by atoms with van der Waals surface area (Å²) in [5.74, 6) is -0.593. The van der Waals surface area contributed by atoms with E-state index in [2.05, 4.69) is 10.6 Å². The van der Waals surface area contributed by atoms with Crippen molar-refractivity contribution in [2.75, 3.05) is 13.1 Å². The third kappa shape index (κ3) is 4.25. The fourth-order valence-electron chi connectivity index (χ4n) is 3.88. The van der Waals surface area contributed by atoms with E-state index in [4.69, 9.17) is 5.73 Å². The van der Waals surface area contributed by atoms with Crippen LogP contribution in [-0.2, 0) is 9.59 Å². The van der Waals surface area contributed by atoms with E-state index in [1.165, 1.54) is 0 Å². The predicted octanol–water partition coefficient (Wildman–Crippen LogP) is 1.73. The van der Waals surface area contributed by atoms with E-state index >= 15 is 0 Å². The Morgan fingerprint density at radius 1 is 1.33 bits per heavy atom. The molecule has 2 aliphatic rings. The van der Waals surface area contributed by atoms with Crippen molar-refractivity contribution < 1.29 is 14.4 Å². The minimum absolute atomic E-state index is 0. The van der Waals surface area contributed by atoms with Gasteiger partial charge < -0.3 is 16.4 Å². The average molecular weight is 395 g/mol. The van der Waals surface area contributed by atoms with Crippen molar-refractivity contribution in [3.05, 3.63) is 35.9 Å². The summed E-state index contributed by atoms with van der Waals surface area (Å²) < 4.78 is 0. The number of nitrogens with two attached hydrogens (primary N) is 1. The Labute approximate surface area is 165 Å². The highest BCUT2D eigenvalue weighted by Crippen LogP contribution is 2.38. The lowest BCUT2D eigenvalue weighted by atomic mass is 9.73. The van der Waals surface area contributed by atoms with Crippen LogP contribution in [0, 0.1) is 5.92 Å². The molecule has 0 aromatic heterocycles. The van der Waals surface area contributed by atoms with E-state index in [0.717, 1.165) is 29.7 Å². The Morgan fingerprint density at radius 3 is 2.70 bits per heavy atom. The Morgan fingerprint density at radius 2 is 2.04 bits per heavy atom. The van der Waals surface area contributed by atoms with E-state index < -0.39 is 11.6 Å². The quantitative estimate of drug-likeness (QED) is 0.661. The molecule has 148 valence electrons. The van der Waals surface area contributed by atoms with Crippen LogP contribution >= 0.6 is 12.4 Å². The van der Waals surface area contributed by atoms with Crippen molar-refractivity contribution in [3.63, 3.8) is 0 Å². The van der Waals surface area contributed by atoms with Crippen molar-refractivity contribution in [1.82, 2.24) is 15.5 Å². The number of hydrogen-bond acceptors (Lipinski definition) is 4. The summed E-state index contributed by atoms with van der Waals surface area (Å²) in [6.45, 7) is 1.95. The molecule has 1 aliphatic carbocycles. The number of nitrogens with zero attached hydrogens (tertiary/aromatic N) is 1.